The normalized spacial score (nSPS) is 14.1. The first-order valence-corrected chi connectivity index (χ1v) is 7.04. The Bertz CT molecular complexity index is 621. The summed E-state index contributed by atoms with van der Waals surface area (Å²) in [6.45, 7) is 3.86. The predicted molar refractivity (Wildman–Crippen MR) is 82.8 cm³/mol. The maximum Gasteiger partial charge on any atom is 0.142 e. The molecule has 20 heavy (non-hydrogen) atoms. The molecule has 0 aliphatic rings. The average molecular weight is 312 g/mol. The first-order chi connectivity index (χ1) is 9.29. The molecule has 2 aromatic rings. The number of halogens is 3. The lowest BCUT2D eigenvalue weighted by Gasteiger charge is -2.27. The van der Waals surface area contributed by atoms with Gasteiger partial charge in [0.1, 0.15) is 5.82 Å². The second-order valence-corrected chi connectivity index (χ2v) is 6.14. The molecule has 0 saturated heterocycles. The number of benzene rings is 2. The summed E-state index contributed by atoms with van der Waals surface area (Å²) >= 11 is 11.9. The molecule has 1 atom stereocenters. The van der Waals surface area contributed by atoms with Gasteiger partial charge in [-0.05, 0) is 43.5 Å². The van der Waals surface area contributed by atoms with Gasteiger partial charge < -0.3 is 5.73 Å². The fourth-order valence-corrected chi connectivity index (χ4v) is 2.78. The van der Waals surface area contributed by atoms with E-state index in [4.69, 9.17) is 28.9 Å². The zero-order chi connectivity index (χ0) is 14.9. The summed E-state index contributed by atoms with van der Waals surface area (Å²) in [5, 5.41) is 0.387. The molecule has 0 amide bonds. The van der Waals surface area contributed by atoms with E-state index in [-0.39, 0.29) is 5.02 Å². The van der Waals surface area contributed by atoms with Crippen LogP contribution in [0.25, 0.3) is 0 Å². The topological polar surface area (TPSA) is 26.0 Å². The van der Waals surface area contributed by atoms with Crippen molar-refractivity contribution < 1.29 is 4.39 Å². The van der Waals surface area contributed by atoms with Gasteiger partial charge in [0.25, 0.3) is 0 Å². The standard InChI is InChI=1S/C16H16Cl2FN/c1-10-3-5-11(6-4-10)9-16(2,20)12-7-15(19)14(18)8-13(12)17/h3-8H,9,20H2,1-2H3. The Labute approximate surface area is 128 Å². The fraction of sp³-hybridized carbons (Fsp3) is 0.250. The molecule has 2 N–H and O–H groups in total. The van der Waals surface area contributed by atoms with Crippen LogP contribution in [0.3, 0.4) is 0 Å². The molecule has 106 valence electrons. The van der Waals surface area contributed by atoms with Gasteiger partial charge in [0.15, 0.2) is 0 Å². The van der Waals surface area contributed by atoms with Crippen molar-refractivity contribution in [3.05, 3.63) is 69.0 Å². The molecule has 0 aliphatic heterocycles. The number of nitrogens with two attached hydrogens (primary N) is 1. The van der Waals surface area contributed by atoms with Gasteiger partial charge >= 0.3 is 0 Å². The van der Waals surface area contributed by atoms with Crippen LogP contribution in [0.1, 0.15) is 23.6 Å². The van der Waals surface area contributed by atoms with Crippen molar-refractivity contribution in [1.29, 1.82) is 0 Å². The molecule has 4 heteroatoms. The van der Waals surface area contributed by atoms with Crippen molar-refractivity contribution in [3.8, 4) is 0 Å². The molecule has 0 saturated carbocycles. The minimum Gasteiger partial charge on any atom is -0.321 e. The highest BCUT2D eigenvalue weighted by molar-refractivity contribution is 6.35. The molecule has 0 heterocycles. The van der Waals surface area contributed by atoms with E-state index in [0.717, 1.165) is 5.56 Å². The van der Waals surface area contributed by atoms with Gasteiger partial charge in [-0.25, -0.2) is 4.39 Å². The lowest BCUT2D eigenvalue weighted by molar-refractivity contribution is 0.486. The summed E-state index contributed by atoms with van der Waals surface area (Å²) in [6.07, 6.45) is 0.564. The van der Waals surface area contributed by atoms with Crippen LogP contribution in [0.5, 0.6) is 0 Å². The first-order valence-electron chi connectivity index (χ1n) is 6.29. The third-order valence-electron chi connectivity index (χ3n) is 3.32. The third-order valence-corrected chi connectivity index (χ3v) is 3.92. The quantitative estimate of drug-likeness (QED) is 0.805. The second-order valence-electron chi connectivity index (χ2n) is 5.33. The molecular weight excluding hydrogens is 296 g/mol. The lowest BCUT2D eigenvalue weighted by Crippen LogP contribution is -2.36. The molecule has 0 aromatic heterocycles. The summed E-state index contributed by atoms with van der Waals surface area (Å²) in [5.41, 5.74) is 8.38. The summed E-state index contributed by atoms with van der Waals surface area (Å²) in [4.78, 5) is 0. The summed E-state index contributed by atoms with van der Waals surface area (Å²) in [6, 6.07) is 10.8. The van der Waals surface area contributed by atoms with E-state index < -0.39 is 11.4 Å². The maximum absolute atomic E-state index is 13.6. The van der Waals surface area contributed by atoms with Crippen LogP contribution in [-0.2, 0) is 12.0 Å². The van der Waals surface area contributed by atoms with Crippen molar-refractivity contribution in [2.45, 2.75) is 25.8 Å². The zero-order valence-electron chi connectivity index (χ0n) is 11.4. The second kappa shape index (κ2) is 5.72. The Balaban J connectivity index is 2.34. The van der Waals surface area contributed by atoms with Gasteiger partial charge in [-0.2, -0.15) is 0 Å². The van der Waals surface area contributed by atoms with Crippen molar-refractivity contribution in [2.24, 2.45) is 5.73 Å². The van der Waals surface area contributed by atoms with E-state index in [0.29, 0.717) is 17.0 Å². The van der Waals surface area contributed by atoms with Gasteiger partial charge in [0.05, 0.1) is 5.02 Å². The Hall–Kier alpha value is -1.09. The first kappa shape index (κ1) is 15.3. The molecule has 0 spiro atoms. The maximum atomic E-state index is 13.6. The minimum atomic E-state index is -0.766. The average Bonchev–Trinajstić information content (AvgIpc) is 2.36. The zero-order valence-corrected chi connectivity index (χ0v) is 12.9. The van der Waals surface area contributed by atoms with Crippen LogP contribution in [0.2, 0.25) is 10.0 Å². The smallest absolute Gasteiger partial charge is 0.142 e. The highest BCUT2D eigenvalue weighted by Gasteiger charge is 2.25. The summed E-state index contributed by atoms with van der Waals surface area (Å²) in [7, 11) is 0. The van der Waals surface area contributed by atoms with E-state index in [1.165, 1.54) is 17.7 Å². The molecule has 0 aliphatic carbocycles. The Kier molecular flexibility index (Phi) is 4.38. The van der Waals surface area contributed by atoms with Crippen LogP contribution in [0.4, 0.5) is 4.39 Å². The fourth-order valence-electron chi connectivity index (χ4n) is 2.19. The van der Waals surface area contributed by atoms with Crippen molar-refractivity contribution >= 4 is 23.2 Å². The third kappa shape index (κ3) is 3.32. The minimum absolute atomic E-state index is 0.00452. The van der Waals surface area contributed by atoms with Gasteiger partial charge in [-0.1, -0.05) is 53.0 Å². The van der Waals surface area contributed by atoms with E-state index in [2.05, 4.69) is 0 Å². The van der Waals surface area contributed by atoms with Crippen molar-refractivity contribution in [3.63, 3.8) is 0 Å². The molecule has 2 aromatic carbocycles. The Morgan fingerprint density at radius 3 is 2.30 bits per heavy atom. The molecule has 2 rings (SSSR count). The van der Waals surface area contributed by atoms with Crippen LogP contribution in [0, 0.1) is 12.7 Å². The van der Waals surface area contributed by atoms with Crippen LogP contribution in [-0.4, -0.2) is 0 Å². The largest absolute Gasteiger partial charge is 0.321 e. The van der Waals surface area contributed by atoms with Crippen molar-refractivity contribution in [1.82, 2.24) is 0 Å². The molecule has 0 radical (unpaired) electrons. The molecule has 0 fully saturated rings. The summed E-state index contributed by atoms with van der Waals surface area (Å²) in [5.74, 6) is -0.508. The molecular formula is C16H16Cl2FN. The van der Waals surface area contributed by atoms with E-state index in [9.17, 15) is 4.39 Å². The molecule has 1 nitrogen and oxygen atoms in total. The lowest BCUT2D eigenvalue weighted by atomic mass is 9.86. The molecule has 0 bridgehead atoms. The van der Waals surface area contributed by atoms with E-state index >= 15 is 0 Å². The number of hydrogen-bond acceptors (Lipinski definition) is 1. The van der Waals surface area contributed by atoms with Crippen LogP contribution >= 0.6 is 23.2 Å². The van der Waals surface area contributed by atoms with Crippen LogP contribution in [0.15, 0.2) is 36.4 Å². The van der Waals surface area contributed by atoms with Gasteiger partial charge in [0.2, 0.25) is 0 Å². The van der Waals surface area contributed by atoms with E-state index in [1.807, 2.05) is 38.1 Å². The van der Waals surface area contributed by atoms with E-state index in [1.54, 1.807) is 0 Å². The monoisotopic (exact) mass is 311 g/mol. The Morgan fingerprint density at radius 2 is 1.70 bits per heavy atom. The number of aryl methyl sites for hydroxylation is 1. The predicted octanol–water partition coefficient (Wildman–Crippen LogP) is 4.86. The molecule has 1 unspecified atom stereocenters. The van der Waals surface area contributed by atoms with Crippen LogP contribution < -0.4 is 5.73 Å². The summed E-state index contributed by atoms with van der Waals surface area (Å²) < 4.78 is 13.6. The highest BCUT2D eigenvalue weighted by Crippen LogP contribution is 2.32. The van der Waals surface area contributed by atoms with Gasteiger partial charge in [-0.15, -0.1) is 0 Å². The Morgan fingerprint density at radius 1 is 1.10 bits per heavy atom. The van der Waals surface area contributed by atoms with Gasteiger partial charge in [-0.3, -0.25) is 0 Å². The van der Waals surface area contributed by atoms with Gasteiger partial charge in [0, 0.05) is 10.6 Å². The number of rotatable bonds is 3. The van der Waals surface area contributed by atoms with Crippen molar-refractivity contribution in [2.75, 3.05) is 0 Å². The SMILES string of the molecule is Cc1ccc(CC(C)(N)c2cc(F)c(Cl)cc2Cl)cc1. The highest BCUT2D eigenvalue weighted by atomic mass is 35.5. The number of hydrogen-bond donors (Lipinski definition) is 1.